The first kappa shape index (κ1) is 14.8. The topological polar surface area (TPSA) is 29.1 Å². The van der Waals surface area contributed by atoms with Gasteiger partial charge >= 0.3 is 0 Å². The van der Waals surface area contributed by atoms with Crippen LogP contribution in [0.1, 0.15) is 15.9 Å². The van der Waals surface area contributed by atoms with E-state index in [-0.39, 0.29) is 5.91 Å². The third kappa shape index (κ3) is 3.94. The summed E-state index contributed by atoms with van der Waals surface area (Å²) in [6.07, 6.45) is 0. The molecule has 0 unspecified atom stereocenters. The Morgan fingerprint density at radius 3 is 2.79 bits per heavy atom. The first-order chi connectivity index (χ1) is 9.10. The molecular weight excluding hydrogens is 440 g/mol. The number of carbonyl (C=O) groups is 1. The monoisotopic (exact) mass is 449 g/mol. The molecule has 1 amide bonds. The minimum atomic E-state index is -0.127. The lowest BCUT2D eigenvalue weighted by molar-refractivity contribution is 0.102. The van der Waals surface area contributed by atoms with Crippen molar-refractivity contribution in [1.29, 1.82) is 0 Å². The van der Waals surface area contributed by atoms with Crippen LogP contribution in [0, 0.1) is 3.57 Å². The van der Waals surface area contributed by atoms with Crippen LogP contribution in [0.3, 0.4) is 0 Å². The molecule has 0 fully saturated rings. The summed E-state index contributed by atoms with van der Waals surface area (Å²) in [6, 6.07) is 13.1. The van der Waals surface area contributed by atoms with Gasteiger partial charge in [0.1, 0.15) is 0 Å². The van der Waals surface area contributed by atoms with Gasteiger partial charge in [-0.3, -0.25) is 4.79 Å². The van der Waals surface area contributed by atoms with E-state index in [0.717, 1.165) is 19.3 Å². The highest BCUT2D eigenvalue weighted by atomic mass is 127. The average Bonchev–Trinajstić information content (AvgIpc) is 2.41. The maximum absolute atomic E-state index is 12.2. The molecule has 98 valence electrons. The number of anilines is 1. The Morgan fingerprint density at radius 1 is 1.26 bits per heavy atom. The number of benzene rings is 2. The Bertz CT molecular complexity index is 618. The van der Waals surface area contributed by atoms with Gasteiger partial charge in [0.05, 0.1) is 5.56 Å². The van der Waals surface area contributed by atoms with Gasteiger partial charge in [-0.2, -0.15) is 0 Å². The first-order valence-corrected chi connectivity index (χ1v) is 7.92. The van der Waals surface area contributed by atoms with E-state index in [9.17, 15) is 4.79 Å². The fourth-order valence-electron chi connectivity index (χ4n) is 1.60. The van der Waals surface area contributed by atoms with Crippen LogP contribution in [-0.2, 0) is 5.88 Å². The highest BCUT2D eigenvalue weighted by molar-refractivity contribution is 14.1. The van der Waals surface area contributed by atoms with E-state index >= 15 is 0 Å². The summed E-state index contributed by atoms with van der Waals surface area (Å²) in [5, 5.41) is 2.88. The van der Waals surface area contributed by atoms with Gasteiger partial charge < -0.3 is 5.32 Å². The summed E-state index contributed by atoms with van der Waals surface area (Å²) >= 11 is 11.3. The second kappa shape index (κ2) is 6.72. The number of hydrogen-bond acceptors (Lipinski definition) is 1. The third-order valence-corrected chi connectivity index (χ3v) is 4.25. The highest BCUT2D eigenvalue weighted by Gasteiger charge is 2.10. The summed E-state index contributed by atoms with van der Waals surface area (Å²) in [5.41, 5.74) is 2.37. The molecule has 19 heavy (non-hydrogen) atoms. The number of carbonyl (C=O) groups excluding carboxylic acids is 1. The van der Waals surface area contributed by atoms with Crippen molar-refractivity contribution in [3.63, 3.8) is 0 Å². The molecule has 0 saturated carbocycles. The molecule has 0 spiro atoms. The number of alkyl halides is 1. The lowest BCUT2D eigenvalue weighted by Gasteiger charge is -2.08. The number of hydrogen-bond donors (Lipinski definition) is 1. The van der Waals surface area contributed by atoms with E-state index < -0.39 is 0 Å². The normalized spacial score (nSPS) is 10.3. The van der Waals surface area contributed by atoms with Crippen molar-refractivity contribution in [2.45, 2.75) is 5.88 Å². The van der Waals surface area contributed by atoms with Gasteiger partial charge in [0.25, 0.3) is 5.91 Å². The lowest BCUT2D eigenvalue weighted by atomic mass is 10.2. The van der Waals surface area contributed by atoms with Crippen molar-refractivity contribution in [3.8, 4) is 0 Å². The zero-order valence-corrected chi connectivity index (χ0v) is 14.3. The summed E-state index contributed by atoms with van der Waals surface area (Å²) in [5.74, 6) is 0.301. The molecule has 2 aromatic carbocycles. The molecule has 0 radical (unpaired) electrons. The van der Waals surface area contributed by atoms with E-state index in [1.165, 1.54) is 0 Å². The molecule has 0 heterocycles. The Labute approximate surface area is 138 Å². The molecule has 2 aromatic rings. The summed E-state index contributed by atoms with van der Waals surface area (Å²) < 4.78 is 1.79. The molecule has 0 aromatic heterocycles. The number of rotatable bonds is 3. The molecule has 0 bridgehead atoms. The van der Waals surface area contributed by atoms with Crippen LogP contribution in [0.25, 0.3) is 0 Å². The van der Waals surface area contributed by atoms with Crippen LogP contribution in [0.2, 0.25) is 0 Å². The maximum atomic E-state index is 12.2. The van der Waals surface area contributed by atoms with Crippen molar-refractivity contribution in [3.05, 3.63) is 61.6 Å². The second-order valence-corrected chi connectivity index (χ2v) is 6.26. The van der Waals surface area contributed by atoms with E-state index in [4.69, 9.17) is 11.6 Å². The average molecular weight is 451 g/mol. The van der Waals surface area contributed by atoms with Crippen LogP contribution >= 0.6 is 50.1 Å². The Hall–Kier alpha value is -0.590. The van der Waals surface area contributed by atoms with Gasteiger partial charge in [0.2, 0.25) is 0 Å². The Morgan fingerprint density at radius 2 is 2.05 bits per heavy atom. The molecule has 1 N–H and O–H groups in total. The predicted molar refractivity (Wildman–Crippen MR) is 90.8 cm³/mol. The fraction of sp³-hybridized carbons (Fsp3) is 0.0714. The Balaban J connectivity index is 2.23. The van der Waals surface area contributed by atoms with Crippen molar-refractivity contribution in [2.24, 2.45) is 0 Å². The molecule has 0 aliphatic heterocycles. The standard InChI is InChI=1S/C14H10BrClINO/c15-10-4-5-13(17)12(7-10)14(19)18-11-3-1-2-9(6-11)8-16/h1-7H,8H2,(H,18,19). The molecule has 0 aliphatic carbocycles. The van der Waals surface area contributed by atoms with Crippen molar-refractivity contribution in [2.75, 3.05) is 5.32 Å². The minimum absolute atomic E-state index is 0.127. The summed E-state index contributed by atoms with van der Waals surface area (Å²) in [6.45, 7) is 0. The van der Waals surface area contributed by atoms with Gasteiger partial charge in [-0.15, -0.1) is 11.6 Å². The number of amides is 1. The van der Waals surface area contributed by atoms with Crippen LogP contribution in [0.4, 0.5) is 5.69 Å². The van der Waals surface area contributed by atoms with Gasteiger partial charge in [0, 0.05) is 19.6 Å². The molecule has 0 atom stereocenters. The van der Waals surface area contributed by atoms with E-state index in [1.54, 1.807) is 0 Å². The number of halogens is 3. The van der Waals surface area contributed by atoms with Crippen LogP contribution < -0.4 is 5.32 Å². The summed E-state index contributed by atoms with van der Waals surface area (Å²) in [7, 11) is 0. The van der Waals surface area contributed by atoms with E-state index in [1.807, 2.05) is 42.5 Å². The fourth-order valence-corrected chi connectivity index (χ4v) is 2.71. The zero-order valence-electron chi connectivity index (χ0n) is 9.79. The van der Waals surface area contributed by atoms with Crippen molar-refractivity contribution < 1.29 is 4.79 Å². The number of nitrogens with one attached hydrogen (secondary N) is 1. The molecule has 2 nitrogen and oxygen atoms in total. The SMILES string of the molecule is O=C(Nc1cccc(CCl)c1)c1cc(Br)ccc1I. The van der Waals surface area contributed by atoms with E-state index in [0.29, 0.717) is 11.4 Å². The highest BCUT2D eigenvalue weighted by Crippen LogP contribution is 2.20. The zero-order chi connectivity index (χ0) is 13.8. The Kier molecular flexibility index (Phi) is 5.24. The molecular formula is C14H10BrClINO. The van der Waals surface area contributed by atoms with Crippen LogP contribution in [0.5, 0.6) is 0 Å². The maximum Gasteiger partial charge on any atom is 0.256 e. The van der Waals surface area contributed by atoms with Gasteiger partial charge in [-0.1, -0.05) is 28.1 Å². The van der Waals surface area contributed by atoms with Crippen molar-refractivity contribution >= 4 is 61.7 Å². The van der Waals surface area contributed by atoms with Gasteiger partial charge in [-0.05, 0) is 58.5 Å². The van der Waals surface area contributed by atoms with E-state index in [2.05, 4.69) is 43.8 Å². The molecule has 0 saturated heterocycles. The van der Waals surface area contributed by atoms with Crippen LogP contribution in [-0.4, -0.2) is 5.91 Å². The predicted octanol–water partition coefficient (Wildman–Crippen LogP) is 5.04. The van der Waals surface area contributed by atoms with Gasteiger partial charge in [0.15, 0.2) is 0 Å². The first-order valence-electron chi connectivity index (χ1n) is 5.51. The molecule has 0 aliphatic rings. The minimum Gasteiger partial charge on any atom is -0.322 e. The molecule has 2 rings (SSSR count). The van der Waals surface area contributed by atoms with Gasteiger partial charge in [-0.25, -0.2) is 0 Å². The second-order valence-electron chi connectivity index (χ2n) is 3.91. The summed E-state index contributed by atoms with van der Waals surface area (Å²) in [4.78, 5) is 12.2. The lowest BCUT2D eigenvalue weighted by Crippen LogP contribution is -2.13. The smallest absolute Gasteiger partial charge is 0.256 e. The molecule has 5 heteroatoms. The van der Waals surface area contributed by atoms with Crippen molar-refractivity contribution in [1.82, 2.24) is 0 Å². The third-order valence-electron chi connectivity index (χ3n) is 2.51. The largest absolute Gasteiger partial charge is 0.322 e. The quantitative estimate of drug-likeness (QED) is 0.515. The van der Waals surface area contributed by atoms with Crippen LogP contribution in [0.15, 0.2) is 46.9 Å².